The van der Waals surface area contributed by atoms with E-state index >= 15 is 0 Å². The van der Waals surface area contributed by atoms with E-state index in [-0.39, 0.29) is 23.9 Å². The number of carbonyl (C=O) groups excluding carboxylic acids is 2. The number of amides is 2. The molecule has 0 aliphatic rings. The quantitative estimate of drug-likeness (QED) is 0.861. The third-order valence-corrected chi connectivity index (χ3v) is 3.89. The number of ether oxygens (including phenoxy) is 1. The Labute approximate surface area is 153 Å². The van der Waals surface area contributed by atoms with Gasteiger partial charge in [0, 0.05) is 18.4 Å². The second-order valence-electron chi connectivity index (χ2n) is 6.94. The fourth-order valence-electron chi connectivity index (χ4n) is 2.36. The van der Waals surface area contributed by atoms with Gasteiger partial charge in [-0.3, -0.25) is 14.3 Å². The molecule has 1 N–H and O–H groups in total. The lowest BCUT2D eigenvalue weighted by atomic mass is 10.1. The molecule has 0 bridgehead atoms. The van der Waals surface area contributed by atoms with Gasteiger partial charge in [-0.25, -0.2) is 0 Å². The Morgan fingerprint density at radius 1 is 1.23 bits per heavy atom. The maximum Gasteiger partial charge on any atom is 0.257 e. The van der Waals surface area contributed by atoms with E-state index in [2.05, 4.69) is 10.4 Å². The number of carbonyl (C=O) groups is 2. The second-order valence-corrected chi connectivity index (χ2v) is 6.94. The highest BCUT2D eigenvalue weighted by Gasteiger charge is 2.21. The summed E-state index contributed by atoms with van der Waals surface area (Å²) in [5, 5.41) is 7.03. The molecule has 0 fully saturated rings. The summed E-state index contributed by atoms with van der Waals surface area (Å²) in [4.78, 5) is 26.4. The van der Waals surface area contributed by atoms with Crippen LogP contribution in [0.25, 0.3) is 0 Å². The number of likely N-dealkylation sites (N-methyl/N-ethyl adjacent to an activating group) is 1. The first-order valence-electron chi connectivity index (χ1n) is 8.53. The molecule has 0 atom stereocenters. The van der Waals surface area contributed by atoms with Gasteiger partial charge in [-0.15, -0.1) is 0 Å². The topological polar surface area (TPSA) is 76.5 Å². The van der Waals surface area contributed by atoms with Crippen molar-refractivity contribution < 1.29 is 14.3 Å². The highest BCUT2D eigenvalue weighted by molar-refractivity contribution is 5.99. The molecule has 1 heterocycles. The Morgan fingerprint density at radius 3 is 2.38 bits per heavy atom. The van der Waals surface area contributed by atoms with Gasteiger partial charge in [-0.1, -0.05) is 0 Å². The van der Waals surface area contributed by atoms with Gasteiger partial charge >= 0.3 is 0 Å². The summed E-state index contributed by atoms with van der Waals surface area (Å²) in [6, 6.07) is 7.03. The highest BCUT2D eigenvalue weighted by atomic mass is 16.5. The van der Waals surface area contributed by atoms with Crippen LogP contribution in [-0.4, -0.2) is 46.7 Å². The summed E-state index contributed by atoms with van der Waals surface area (Å²) in [5.41, 5.74) is 0.917. The van der Waals surface area contributed by atoms with Crippen molar-refractivity contribution in [2.45, 2.75) is 33.2 Å². The Balaban J connectivity index is 2.01. The summed E-state index contributed by atoms with van der Waals surface area (Å²) < 4.78 is 6.83. The lowest BCUT2D eigenvalue weighted by molar-refractivity contribution is -0.116. The first-order chi connectivity index (χ1) is 12.2. The molecule has 7 heteroatoms. The van der Waals surface area contributed by atoms with Crippen molar-refractivity contribution >= 4 is 17.5 Å². The molecular formula is C19H26N4O3. The normalized spacial score (nSPS) is 11.1. The number of hydrogen-bond acceptors (Lipinski definition) is 4. The molecule has 0 saturated heterocycles. The van der Waals surface area contributed by atoms with E-state index < -0.39 is 0 Å². The summed E-state index contributed by atoms with van der Waals surface area (Å²) in [6.07, 6.45) is 3.25. The molecule has 7 nitrogen and oxygen atoms in total. The summed E-state index contributed by atoms with van der Waals surface area (Å²) in [7, 11) is 1.58. The van der Waals surface area contributed by atoms with E-state index in [9.17, 15) is 9.59 Å². The smallest absolute Gasteiger partial charge is 0.257 e. The molecule has 0 radical (unpaired) electrons. The molecule has 26 heavy (non-hydrogen) atoms. The number of benzene rings is 1. The average molecular weight is 358 g/mol. The minimum absolute atomic E-state index is 0.0257. The maximum atomic E-state index is 12.7. The third kappa shape index (κ3) is 4.84. The molecule has 1 aromatic carbocycles. The van der Waals surface area contributed by atoms with Crippen molar-refractivity contribution in [2.75, 3.05) is 25.5 Å². The van der Waals surface area contributed by atoms with Crippen molar-refractivity contribution in [2.24, 2.45) is 0 Å². The van der Waals surface area contributed by atoms with E-state index in [4.69, 9.17) is 4.74 Å². The van der Waals surface area contributed by atoms with Crippen LogP contribution in [-0.2, 0) is 10.3 Å². The number of anilines is 1. The summed E-state index contributed by atoms with van der Waals surface area (Å²) in [6.45, 7) is 8.26. The van der Waals surface area contributed by atoms with Crippen molar-refractivity contribution in [1.29, 1.82) is 0 Å². The van der Waals surface area contributed by atoms with Crippen LogP contribution in [0.2, 0.25) is 0 Å². The van der Waals surface area contributed by atoms with E-state index in [0.717, 1.165) is 0 Å². The molecule has 0 aliphatic heterocycles. The van der Waals surface area contributed by atoms with Gasteiger partial charge in [0.05, 0.1) is 24.4 Å². The van der Waals surface area contributed by atoms with Gasteiger partial charge < -0.3 is 15.0 Å². The monoisotopic (exact) mass is 358 g/mol. The molecule has 140 valence electrons. The van der Waals surface area contributed by atoms with Crippen molar-refractivity contribution in [1.82, 2.24) is 14.7 Å². The largest absolute Gasteiger partial charge is 0.497 e. The molecule has 1 aromatic heterocycles. The van der Waals surface area contributed by atoms with Crippen LogP contribution < -0.4 is 10.1 Å². The standard InChI is InChI=1S/C19H26N4O3/c1-6-22(18(25)14-11-20-23(12-14)19(2,3)4)13-17(24)21-15-7-9-16(26-5)10-8-15/h7-12H,6,13H2,1-5H3,(H,21,24). The average Bonchev–Trinajstić information content (AvgIpc) is 3.10. The Morgan fingerprint density at radius 2 is 1.88 bits per heavy atom. The molecule has 0 saturated carbocycles. The van der Waals surface area contributed by atoms with Gasteiger partial charge in [0.1, 0.15) is 12.3 Å². The zero-order valence-electron chi connectivity index (χ0n) is 15.9. The molecular weight excluding hydrogens is 332 g/mol. The molecule has 2 rings (SSSR count). The second kappa shape index (κ2) is 8.03. The third-order valence-electron chi connectivity index (χ3n) is 3.89. The number of aromatic nitrogens is 2. The van der Waals surface area contributed by atoms with Crippen LogP contribution in [0.1, 0.15) is 38.1 Å². The van der Waals surface area contributed by atoms with Crippen molar-refractivity contribution in [3.8, 4) is 5.75 Å². The zero-order valence-corrected chi connectivity index (χ0v) is 15.9. The van der Waals surface area contributed by atoms with Gasteiger partial charge in [0.25, 0.3) is 5.91 Å². The van der Waals surface area contributed by atoms with E-state index in [0.29, 0.717) is 23.5 Å². The fraction of sp³-hybridized carbons (Fsp3) is 0.421. The number of hydrogen-bond donors (Lipinski definition) is 1. The minimum Gasteiger partial charge on any atom is -0.497 e. The first kappa shape index (κ1) is 19.5. The lowest BCUT2D eigenvalue weighted by Gasteiger charge is -2.20. The SMILES string of the molecule is CCN(CC(=O)Nc1ccc(OC)cc1)C(=O)c1cnn(C(C)(C)C)c1. The van der Waals surface area contributed by atoms with Gasteiger partial charge in [0.2, 0.25) is 5.91 Å². The fourth-order valence-corrected chi connectivity index (χ4v) is 2.36. The van der Waals surface area contributed by atoms with Crippen molar-refractivity contribution in [3.63, 3.8) is 0 Å². The highest BCUT2D eigenvalue weighted by Crippen LogP contribution is 2.16. The number of nitrogens with zero attached hydrogens (tertiary/aromatic N) is 3. The first-order valence-corrected chi connectivity index (χ1v) is 8.53. The molecule has 0 unspecified atom stereocenters. The number of rotatable bonds is 6. The molecule has 0 aliphatic carbocycles. The number of methoxy groups -OCH3 is 1. The predicted molar refractivity (Wildman–Crippen MR) is 100 cm³/mol. The lowest BCUT2D eigenvalue weighted by Crippen LogP contribution is -2.37. The Bertz CT molecular complexity index is 760. The summed E-state index contributed by atoms with van der Waals surface area (Å²) in [5.74, 6) is 0.241. The van der Waals surface area contributed by atoms with Crippen LogP contribution in [0.15, 0.2) is 36.7 Å². The van der Waals surface area contributed by atoms with Crippen LogP contribution in [0.5, 0.6) is 5.75 Å². The van der Waals surface area contributed by atoms with Crippen molar-refractivity contribution in [3.05, 3.63) is 42.2 Å². The summed E-state index contributed by atoms with van der Waals surface area (Å²) >= 11 is 0. The Hall–Kier alpha value is -2.83. The van der Waals surface area contributed by atoms with E-state index in [1.165, 1.54) is 11.1 Å². The van der Waals surface area contributed by atoms with Crippen LogP contribution in [0.4, 0.5) is 5.69 Å². The molecule has 0 spiro atoms. The number of nitrogens with one attached hydrogen (secondary N) is 1. The van der Waals surface area contributed by atoms with Gasteiger partial charge in [-0.05, 0) is 52.0 Å². The van der Waals surface area contributed by atoms with Crippen LogP contribution >= 0.6 is 0 Å². The van der Waals surface area contributed by atoms with E-state index in [1.807, 2.05) is 27.7 Å². The Kier molecular flexibility index (Phi) is 6.02. The zero-order chi connectivity index (χ0) is 19.3. The minimum atomic E-state index is -0.256. The molecule has 2 aromatic rings. The van der Waals surface area contributed by atoms with Gasteiger partial charge in [-0.2, -0.15) is 5.10 Å². The molecule has 2 amide bonds. The predicted octanol–water partition coefficient (Wildman–Crippen LogP) is 2.75. The van der Waals surface area contributed by atoms with Gasteiger partial charge in [0.15, 0.2) is 0 Å². The van der Waals surface area contributed by atoms with Crippen LogP contribution in [0, 0.1) is 0 Å². The van der Waals surface area contributed by atoms with E-state index in [1.54, 1.807) is 42.3 Å². The maximum absolute atomic E-state index is 12.7. The van der Waals surface area contributed by atoms with Crippen LogP contribution in [0.3, 0.4) is 0 Å².